The number of Topliss-reactive ketones (excluding diaryl/α,β-unsaturated/α-hetero) is 1. The lowest BCUT2D eigenvalue weighted by Crippen LogP contribution is -2.51. The van der Waals surface area contributed by atoms with E-state index in [2.05, 4.69) is 5.32 Å². The first kappa shape index (κ1) is 32.3. The maximum absolute atomic E-state index is 15.1. The van der Waals surface area contributed by atoms with E-state index in [-0.39, 0.29) is 25.1 Å². The van der Waals surface area contributed by atoms with E-state index in [4.69, 9.17) is 16.3 Å². The molecule has 1 aliphatic heterocycles. The average molecular weight is 621 g/mol. The minimum Gasteiger partial charge on any atom is -0.444 e. The van der Waals surface area contributed by atoms with Gasteiger partial charge >= 0.3 is 12.3 Å². The van der Waals surface area contributed by atoms with Crippen molar-refractivity contribution in [2.45, 2.75) is 75.7 Å². The normalized spacial score (nSPS) is 17.0. The van der Waals surface area contributed by atoms with E-state index in [1.807, 2.05) is 0 Å². The Kier molecular flexibility index (Phi) is 9.74. The number of ketones is 1. The highest BCUT2D eigenvalue weighted by molar-refractivity contribution is 7.91. The van der Waals surface area contributed by atoms with Crippen molar-refractivity contribution in [3.05, 3.63) is 58.4 Å². The average Bonchev–Trinajstić information content (AvgIpc) is 2.89. The molecule has 41 heavy (non-hydrogen) atoms. The first-order valence-corrected chi connectivity index (χ1v) is 14.6. The van der Waals surface area contributed by atoms with Crippen molar-refractivity contribution in [1.82, 2.24) is 5.32 Å². The van der Waals surface area contributed by atoms with Crippen LogP contribution in [0.5, 0.6) is 0 Å². The fourth-order valence-corrected chi connectivity index (χ4v) is 5.88. The number of sulfone groups is 1. The number of unbranched alkanes of at least 4 members (excludes halogenated alkanes) is 1. The Hall–Kier alpha value is -3.19. The van der Waals surface area contributed by atoms with Crippen molar-refractivity contribution in [3.8, 4) is 0 Å². The number of rotatable bonds is 8. The number of alkyl carbamates (subject to hydrolysis) is 1. The molecule has 1 aliphatic rings. The van der Waals surface area contributed by atoms with Gasteiger partial charge < -0.3 is 15.0 Å². The van der Waals surface area contributed by atoms with Crippen molar-refractivity contribution < 1.29 is 45.1 Å². The highest BCUT2D eigenvalue weighted by Gasteiger charge is 2.40. The summed E-state index contributed by atoms with van der Waals surface area (Å²) in [6.07, 6.45) is -7.52. The summed E-state index contributed by atoms with van der Waals surface area (Å²) in [5, 5.41) is 2.67. The summed E-state index contributed by atoms with van der Waals surface area (Å²) in [5.41, 5.74) is -1.34. The standard InChI is InChI=1S/C27H29ClF4N2O6S/c1-26(2,3)40-25(37)33-20-15-41(38,39)23-13-19(29)18(22(35)6-4-5-11-27(30,31)32)12-21(23)34(24(20)36)14-16-7-9-17(28)10-8-16/h7-10,12-13,20H,4-6,11,14-15H2,1-3H3,(H,33,37)/t20-/m0/s1. The molecule has 2 aromatic carbocycles. The lowest BCUT2D eigenvalue weighted by atomic mass is 10.0. The second-order valence-corrected chi connectivity index (χ2v) is 13.0. The van der Waals surface area contributed by atoms with E-state index in [1.165, 1.54) is 12.1 Å². The molecule has 1 N–H and O–H groups in total. The number of nitrogens with one attached hydrogen (secondary N) is 1. The van der Waals surface area contributed by atoms with Gasteiger partial charge in [-0.3, -0.25) is 9.59 Å². The molecule has 0 unspecified atom stereocenters. The third-order valence-corrected chi connectivity index (χ3v) is 8.01. The van der Waals surface area contributed by atoms with Crippen LogP contribution in [0.25, 0.3) is 0 Å². The van der Waals surface area contributed by atoms with Gasteiger partial charge in [0.15, 0.2) is 15.6 Å². The molecule has 0 saturated heterocycles. The predicted octanol–water partition coefficient (Wildman–Crippen LogP) is 6.00. The summed E-state index contributed by atoms with van der Waals surface area (Å²) in [5.74, 6) is -3.84. The molecule has 0 spiro atoms. The molecular weight excluding hydrogens is 592 g/mol. The number of anilines is 1. The van der Waals surface area contributed by atoms with Crippen molar-refractivity contribution in [2.75, 3.05) is 10.7 Å². The van der Waals surface area contributed by atoms with Crippen molar-refractivity contribution in [1.29, 1.82) is 0 Å². The van der Waals surface area contributed by atoms with Gasteiger partial charge in [-0.15, -0.1) is 0 Å². The number of nitrogens with zero attached hydrogens (tertiary/aromatic N) is 1. The predicted molar refractivity (Wildman–Crippen MR) is 143 cm³/mol. The van der Waals surface area contributed by atoms with Crippen LogP contribution < -0.4 is 10.2 Å². The van der Waals surface area contributed by atoms with Gasteiger partial charge in [-0.1, -0.05) is 23.7 Å². The fraction of sp³-hybridized carbons (Fsp3) is 0.444. The van der Waals surface area contributed by atoms with Crippen LogP contribution in [-0.4, -0.2) is 49.8 Å². The molecule has 1 heterocycles. The van der Waals surface area contributed by atoms with E-state index in [1.54, 1.807) is 32.9 Å². The first-order chi connectivity index (χ1) is 18.9. The van der Waals surface area contributed by atoms with Crippen LogP contribution in [0.1, 0.15) is 62.4 Å². The molecule has 0 bridgehead atoms. The number of alkyl halides is 3. The minimum atomic E-state index is -4.41. The number of ether oxygens (including phenoxy) is 1. The molecule has 8 nitrogen and oxygen atoms in total. The topological polar surface area (TPSA) is 110 Å². The Balaban J connectivity index is 2.04. The van der Waals surface area contributed by atoms with Gasteiger partial charge in [-0.05, 0) is 63.4 Å². The molecular formula is C27H29ClF4N2O6S. The lowest BCUT2D eigenvalue weighted by Gasteiger charge is -2.27. The zero-order valence-electron chi connectivity index (χ0n) is 22.5. The van der Waals surface area contributed by atoms with Crippen LogP contribution in [0.15, 0.2) is 41.3 Å². The molecule has 14 heteroatoms. The Morgan fingerprint density at radius 3 is 2.32 bits per heavy atom. The summed E-state index contributed by atoms with van der Waals surface area (Å²) in [4.78, 5) is 39.4. The van der Waals surface area contributed by atoms with E-state index >= 15 is 4.39 Å². The number of hydrogen-bond donors (Lipinski definition) is 1. The summed E-state index contributed by atoms with van der Waals surface area (Å²) >= 11 is 5.95. The van der Waals surface area contributed by atoms with Gasteiger partial charge in [-0.2, -0.15) is 13.2 Å². The Morgan fingerprint density at radius 2 is 1.73 bits per heavy atom. The minimum absolute atomic E-state index is 0.178. The van der Waals surface area contributed by atoms with Crippen molar-refractivity contribution >= 4 is 44.9 Å². The number of carbonyl (C=O) groups is 3. The van der Waals surface area contributed by atoms with Crippen molar-refractivity contribution in [3.63, 3.8) is 0 Å². The highest BCUT2D eigenvalue weighted by Crippen LogP contribution is 2.35. The molecule has 2 amide bonds. The van der Waals surface area contributed by atoms with E-state index < -0.39 is 80.3 Å². The SMILES string of the molecule is CC(C)(C)OC(=O)N[C@H]1CS(=O)(=O)c2cc(F)c(C(=O)CCCCC(F)(F)F)cc2N(Cc2ccc(Cl)cc2)C1=O. The van der Waals surface area contributed by atoms with Gasteiger partial charge in [0.2, 0.25) is 0 Å². The van der Waals surface area contributed by atoms with E-state index in [9.17, 15) is 36.0 Å². The van der Waals surface area contributed by atoms with Gasteiger partial charge in [0, 0.05) is 17.9 Å². The number of halogens is 5. The second-order valence-electron chi connectivity index (χ2n) is 10.6. The van der Waals surface area contributed by atoms with Gasteiger partial charge in [0.25, 0.3) is 5.91 Å². The molecule has 0 radical (unpaired) electrons. The van der Waals surface area contributed by atoms with Crippen LogP contribution in [0.3, 0.4) is 0 Å². The Bertz CT molecular complexity index is 1420. The molecule has 0 aliphatic carbocycles. The Morgan fingerprint density at radius 1 is 1.10 bits per heavy atom. The summed E-state index contributed by atoms with van der Waals surface area (Å²) < 4.78 is 84.4. The smallest absolute Gasteiger partial charge is 0.408 e. The quantitative estimate of drug-likeness (QED) is 0.220. The third-order valence-electron chi connectivity index (χ3n) is 5.98. The maximum Gasteiger partial charge on any atom is 0.408 e. The van der Waals surface area contributed by atoms with Crippen LogP contribution in [0.2, 0.25) is 5.02 Å². The van der Waals surface area contributed by atoms with Gasteiger partial charge in [-0.25, -0.2) is 17.6 Å². The molecule has 0 saturated carbocycles. The number of hydrogen-bond acceptors (Lipinski definition) is 6. The van der Waals surface area contributed by atoms with E-state index in [0.717, 1.165) is 11.0 Å². The van der Waals surface area contributed by atoms with Crippen LogP contribution in [0.4, 0.5) is 28.0 Å². The zero-order valence-corrected chi connectivity index (χ0v) is 24.1. The third kappa shape index (κ3) is 8.90. The molecule has 0 aromatic heterocycles. The maximum atomic E-state index is 15.1. The van der Waals surface area contributed by atoms with Crippen molar-refractivity contribution in [2.24, 2.45) is 0 Å². The van der Waals surface area contributed by atoms with Crippen LogP contribution in [-0.2, 0) is 25.9 Å². The van der Waals surface area contributed by atoms with Gasteiger partial charge in [0.1, 0.15) is 17.5 Å². The second kappa shape index (κ2) is 12.4. The molecule has 2 aromatic rings. The van der Waals surface area contributed by atoms with E-state index in [0.29, 0.717) is 16.7 Å². The summed E-state index contributed by atoms with van der Waals surface area (Å²) in [6.45, 7) is 4.48. The highest BCUT2D eigenvalue weighted by atomic mass is 35.5. The van der Waals surface area contributed by atoms with Crippen LogP contribution >= 0.6 is 11.6 Å². The number of benzene rings is 2. The van der Waals surface area contributed by atoms with Crippen LogP contribution in [0, 0.1) is 5.82 Å². The number of carbonyl (C=O) groups excluding carboxylic acids is 3. The number of amides is 2. The number of fused-ring (bicyclic) bond motifs is 1. The summed E-state index contributed by atoms with van der Waals surface area (Å²) in [7, 11) is -4.41. The monoisotopic (exact) mass is 620 g/mol. The molecule has 3 rings (SSSR count). The lowest BCUT2D eigenvalue weighted by molar-refractivity contribution is -0.135. The molecule has 1 atom stereocenters. The zero-order chi connectivity index (χ0) is 30.8. The largest absolute Gasteiger partial charge is 0.444 e. The first-order valence-electron chi connectivity index (χ1n) is 12.6. The summed E-state index contributed by atoms with van der Waals surface area (Å²) in [6, 6.07) is 6.12. The Labute approximate surface area is 239 Å². The molecule has 224 valence electrons. The van der Waals surface area contributed by atoms with Gasteiger partial charge in [0.05, 0.1) is 28.4 Å². The molecule has 0 fully saturated rings. The fourth-order valence-electron chi connectivity index (χ4n) is 4.14.